The van der Waals surface area contributed by atoms with Gasteiger partial charge in [0, 0.05) is 23.5 Å². The van der Waals surface area contributed by atoms with Gasteiger partial charge in [-0.3, -0.25) is 0 Å². The van der Waals surface area contributed by atoms with Gasteiger partial charge in [-0.1, -0.05) is 60.7 Å². The third-order valence-electron chi connectivity index (χ3n) is 3.23. The maximum Gasteiger partial charge on any atom is 0.195 e. The lowest BCUT2D eigenvalue weighted by Crippen LogP contribution is -2.35. The highest BCUT2D eigenvalue weighted by atomic mass is 16.3. The Morgan fingerprint density at radius 3 is 1.79 bits per heavy atom. The maximum absolute atomic E-state index is 11.2. The van der Waals surface area contributed by atoms with E-state index in [1.165, 1.54) is 0 Å². The molecule has 0 radical (unpaired) electrons. The van der Waals surface area contributed by atoms with Gasteiger partial charge in [0.05, 0.1) is 6.33 Å². The van der Waals surface area contributed by atoms with E-state index in [-0.39, 0.29) is 0 Å². The van der Waals surface area contributed by atoms with Crippen LogP contribution in [-0.4, -0.2) is 14.7 Å². The molecule has 0 fully saturated rings. The topological polar surface area (TPSA) is 38.0 Å². The Bertz CT molecular complexity index is 594. The average Bonchev–Trinajstić information content (AvgIpc) is 3.03. The summed E-state index contributed by atoms with van der Waals surface area (Å²) in [7, 11) is 0. The van der Waals surface area contributed by atoms with Crippen molar-refractivity contribution in [1.82, 2.24) is 9.55 Å². The number of rotatable bonds is 3. The van der Waals surface area contributed by atoms with Crippen molar-refractivity contribution in [3.63, 3.8) is 0 Å². The Kier molecular flexibility index (Phi) is 2.89. The second-order valence-corrected chi connectivity index (χ2v) is 4.37. The Balaban J connectivity index is 2.23. The molecular weight excluding hydrogens is 236 g/mol. The van der Waals surface area contributed by atoms with Gasteiger partial charge in [0.25, 0.3) is 0 Å². The highest BCUT2D eigenvalue weighted by molar-refractivity contribution is 5.36. The fourth-order valence-corrected chi connectivity index (χ4v) is 2.26. The lowest BCUT2D eigenvalue weighted by atomic mass is 9.94. The predicted octanol–water partition coefficient (Wildman–Crippen LogP) is 2.62. The Morgan fingerprint density at radius 1 is 0.842 bits per heavy atom. The van der Waals surface area contributed by atoms with E-state index in [9.17, 15) is 5.11 Å². The average molecular weight is 250 g/mol. The van der Waals surface area contributed by atoms with Crippen molar-refractivity contribution in [2.45, 2.75) is 5.72 Å². The number of nitrogens with zero attached hydrogens (tertiary/aromatic N) is 2. The molecule has 0 bridgehead atoms. The lowest BCUT2D eigenvalue weighted by molar-refractivity contribution is 0.0485. The molecule has 3 aromatic rings. The van der Waals surface area contributed by atoms with E-state index in [1.807, 2.05) is 60.7 Å². The molecule has 0 saturated heterocycles. The Labute approximate surface area is 111 Å². The second kappa shape index (κ2) is 4.71. The van der Waals surface area contributed by atoms with E-state index in [4.69, 9.17) is 0 Å². The zero-order valence-electron chi connectivity index (χ0n) is 10.3. The summed E-state index contributed by atoms with van der Waals surface area (Å²) < 4.78 is 1.71. The van der Waals surface area contributed by atoms with Crippen molar-refractivity contribution >= 4 is 0 Å². The zero-order valence-corrected chi connectivity index (χ0v) is 10.3. The maximum atomic E-state index is 11.2. The van der Waals surface area contributed by atoms with Crippen molar-refractivity contribution < 1.29 is 5.11 Å². The molecule has 94 valence electrons. The Hall–Kier alpha value is -2.39. The standard InChI is InChI=1S/C16H14N2O/c19-16(18-12-11-17-13-18,14-7-3-1-4-8-14)15-9-5-2-6-10-15/h1-13,19H. The molecule has 3 heteroatoms. The first-order valence-corrected chi connectivity index (χ1v) is 6.13. The molecule has 0 unspecified atom stereocenters. The number of aromatic nitrogens is 2. The number of benzene rings is 2. The summed E-state index contributed by atoms with van der Waals surface area (Å²) in [4.78, 5) is 4.04. The molecule has 2 aromatic carbocycles. The molecule has 0 spiro atoms. The van der Waals surface area contributed by atoms with Gasteiger partial charge < -0.3 is 9.67 Å². The molecule has 19 heavy (non-hydrogen) atoms. The van der Waals surface area contributed by atoms with Crippen LogP contribution < -0.4 is 0 Å². The van der Waals surface area contributed by atoms with Crippen molar-refractivity contribution in [3.05, 3.63) is 90.5 Å². The number of aliphatic hydroxyl groups is 1. The molecule has 1 heterocycles. The van der Waals surface area contributed by atoms with Crippen LogP contribution in [0, 0.1) is 0 Å². The zero-order chi connectivity index (χ0) is 13.1. The summed E-state index contributed by atoms with van der Waals surface area (Å²) in [6, 6.07) is 19.2. The molecule has 0 aliphatic carbocycles. The van der Waals surface area contributed by atoms with Gasteiger partial charge >= 0.3 is 0 Å². The summed E-state index contributed by atoms with van der Waals surface area (Å²) in [5, 5.41) is 11.2. The van der Waals surface area contributed by atoms with E-state index < -0.39 is 5.72 Å². The van der Waals surface area contributed by atoms with Crippen LogP contribution in [-0.2, 0) is 5.72 Å². The van der Waals surface area contributed by atoms with E-state index in [2.05, 4.69) is 4.98 Å². The van der Waals surface area contributed by atoms with E-state index in [1.54, 1.807) is 23.3 Å². The smallest absolute Gasteiger partial charge is 0.195 e. The van der Waals surface area contributed by atoms with Crippen LogP contribution in [0.1, 0.15) is 11.1 Å². The minimum atomic E-state index is -1.24. The van der Waals surface area contributed by atoms with Gasteiger partial charge in [0.15, 0.2) is 5.72 Å². The van der Waals surface area contributed by atoms with Gasteiger partial charge in [0.2, 0.25) is 0 Å². The molecule has 0 saturated carbocycles. The normalized spacial score (nSPS) is 11.4. The van der Waals surface area contributed by atoms with Gasteiger partial charge in [-0.25, -0.2) is 4.98 Å². The van der Waals surface area contributed by atoms with Gasteiger partial charge in [-0.15, -0.1) is 0 Å². The number of hydrogen-bond acceptors (Lipinski definition) is 2. The van der Waals surface area contributed by atoms with Crippen LogP contribution in [0.15, 0.2) is 79.4 Å². The molecule has 0 amide bonds. The second-order valence-electron chi connectivity index (χ2n) is 4.37. The molecule has 0 aliphatic rings. The van der Waals surface area contributed by atoms with Crippen molar-refractivity contribution in [2.75, 3.05) is 0 Å². The predicted molar refractivity (Wildman–Crippen MR) is 73.5 cm³/mol. The molecule has 3 rings (SSSR count). The van der Waals surface area contributed by atoms with Crippen molar-refractivity contribution in [1.29, 1.82) is 0 Å². The lowest BCUT2D eigenvalue weighted by Gasteiger charge is -2.30. The molecular formula is C16H14N2O. The summed E-state index contributed by atoms with van der Waals surface area (Å²) in [6.45, 7) is 0. The third-order valence-corrected chi connectivity index (χ3v) is 3.23. The largest absolute Gasteiger partial charge is 0.363 e. The van der Waals surface area contributed by atoms with Crippen molar-refractivity contribution in [3.8, 4) is 0 Å². The Morgan fingerprint density at radius 2 is 1.37 bits per heavy atom. The van der Waals surface area contributed by atoms with Crippen LogP contribution in [0.2, 0.25) is 0 Å². The molecule has 1 N–H and O–H groups in total. The first kappa shape index (κ1) is 11.7. The summed E-state index contributed by atoms with van der Waals surface area (Å²) in [5.74, 6) is 0. The third kappa shape index (κ3) is 1.94. The van der Waals surface area contributed by atoms with Crippen LogP contribution in [0.3, 0.4) is 0 Å². The van der Waals surface area contributed by atoms with Crippen LogP contribution in [0.4, 0.5) is 0 Å². The number of imidazole rings is 1. The molecule has 1 aromatic heterocycles. The van der Waals surface area contributed by atoms with Gasteiger partial charge in [-0.05, 0) is 0 Å². The quantitative estimate of drug-likeness (QED) is 0.776. The molecule has 3 nitrogen and oxygen atoms in total. The first-order chi connectivity index (χ1) is 9.32. The summed E-state index contributed by atoms with van der Waals surface area (Å²) in [5.41, 5.74) is 0.373. The van der Waals surface area contributed by atoms with Crippen LogP contribution >= 0.6 is 0 Å². The van der Waals surface area contributed by atoms with E-state index >= 15 is 0 Å². The van der Waals surface area contributed by atoms with Gasteiger partial charge in [0.1, 0.15) is 0 Å². The molecule has 0 atom stereocenters. The minimum absolute atomic E-state index is 0.805. The minimum Gasteiger partial charge on any atom is -0.363 e. The fourth-order valence-electron chi connectivity index (χ4n) is 2.26. The van der Waals surface area contributed by atoms with Crippen molar-refractivity contribution in [2.24, 2.45) is 0 Å². The summed E-state index contributed by atoms with van der Waals surface area (Å²) >= 11 is 0. The number of hydrogen-bond donors (Lipinski definition) is 1. The summed E-state index contributed by atoms with van der Waals surface area (Å²) in [6.07, 6.45) is 5.05. The fraction of sp³-hybridized carbons (Fsp3) is 0.0625. The van der Waals surface area contributed by atoms with Crippen LogP contribution in [0.5, 0.6) is 0 Å². The monoisotopic (exact) mass is 250 g/mol. The highest BCUT2D eigenvalue weighted by Crippen LogP contribution is 2.30. The van der Waals surface area contributed by atoms with E-state index in [0.29, 0.717) is 0 Å². The first-order valence-electron chi connectivity index (χ1n) is 6.13. The SMILES string of the molecule is OC(c1ccccc1)(c1ccccc1)n1ccnc1. The highest BCUT2D eigenvalue weighted by Gasteiger charge is 2.32. The van der Waals surface area contributed by atoms with Crippen LogP contribution in [0.25, 0.3) is 0 Å². The van der Waals surface area contributed by atoms with E-state index in [0.717, 1.165) is 11.1 Å². The molecule has 0 aliphatic heterocycles. The van der Waals surface area contributed by atoms with Gasteiger partial charge in [-0.2, -0.15) is 0 Å².